The predicted molar refractivity (Wildman–Crippen MR) is 128 cm³/mol. The number of nitro groups is 1. The van der Waals surface area contributed by atoms with E-state index in [-0.39, 0.29) is 28.7 Å². The number of non-ortho nitro benzene ring substituents is 1. The van der Waals surface area contributed by atoms with Crippen molar-refractivity contribution < 1.29 is 27.1 Å². The van der Waals surface area contributed by atoms with Crippen LogP contribution in [0.3, 0.4) is 0 Å². The van der Waals surface area contributed by atoms with Crippen LogP contribution in [0.15, 0.2) is 81.2 Å². The Balaban J connectivity index is 1.76. The minimum absolute atomic E-state index is 0.0736. The van der Waals surface area contributed by atoms with E-state index in [9.17, 15) is 23.3 Å². The average Bonchev–Trinajstić information content (AvgIpc) is 2.80. The van der Waals surface area contributed by atoms with Gasteiger partial charge < -0.3 is 8.92 Å². The number of hydrogen-bond donors (Lipinski definition) is 1. The molecule has 0 aliphatic carbocycles. The fourth-order valence-electron chi connectivity index (χ4n) is 2.70. The maximum absolute atomic E-state index is 12.6. The fraction of sp³-hybridized carbons (Fsp3) is 0.0909. The molecule has 1 N–H and O–H groups in total. The Bertz CT molecular complexity index is 1340. The van der Waals surface area contributed by atoms with Gasteiger partial charge in [-0.3, -0.25) is 14.9 Å². The minimum atomic E-state index is -4.27. The van der Waals surface area contributed by atoms with Gasteiger partial charge in [0.2, 0.25) is 0 Å². The molecule has 0 aromatic heterocycles. The maximum Gasteiger partial charge on any atom is 0.339 e. The molecule has 176 valence electrons. The number of hydrazone groups is 1. The van der Waals surface area contributed by atoms with Gasteiger partial charge in [-0.1, -0.05) is 22.0 Å². The van der Waals surface area contributed by atoms with Crippen LogP contribution in [-0.2, 0) is 10.1 Å². The summed E-state index contributed by atoms with van der Waals surface area (Å²) in [5.41, 5.74) is 3.09. The molecule has 1 amide bonds. The molecule has 0 atom stereocenters. The molecule has 0 spiro atoms. The van der Waals surface area contributed by atoms with Crippen LogP contribution in [-0.4, -0.2) is 32.1 Å². The van der Waals surface area contributed by atoms with E-state index in [1.54, 1.807) is 31.2 Å². The molecule has 0 aliphatic rings. The molecule has 10 nitrogen and oxygen atoms in total. The van der Waals surface area contributed by atoms with Gasteiger partial charge in [0.05, 0.1) is 17.7 Å². The van der Waals surface area contributed by atoms with Gasteiger partial charge >= 0.3 is 10.1 Å². The van der Waals surface area contributed by atoms with Crippen molar-refractivity contribution in [1.29, 1.82) is 0 Å². The lowest BCUT2D eigenvalue weighted by Crippen LogP contribution is -2.17. The number of ether oxygens (including phenoxy) is 1. The SMILES string of the molecule is CCOc1cc(/C=N\NC(=O)c2cccc(Br)c2)ccc1OS(=O)(=O)c1ccc([N+](=O)[O-])cc1. The second-order valence-electron chi connectivity index (χ2n) is 6.64. The van der Waals surface area contributed by atoms with Crippen molar-refractivity contribution in [2.24, 2.45) is 5.10 Å². The lowest BCUT2D eigenvalue weighted by molar-refractivity contribution is -0.384. The summed E-state index contributed by atoms with van der Waals surface area (Å²) in [5, 5.41) is 14.7. The summed E-state index contributed by atoms with van der Waals surface area (Å²) in [6.07, 6.45) is 1.37. The van der Waals surface area contributed by atoms with Crippen molar-refractivity contribution >= 4 is 43.9 Å². The Kier molecular flexibility index (Phi) is 7.97. The highest BCUT2D eigenvalue weighted by Crippen LogP contribution is 2.31. The van der Waals surface area contributed by atoms with Gasteiger partial charge in [-0.2, -0.15) is 13.5 Å². The van der Waals surface area contributed by atoms with Crippen LogP contribution in [0.1, 0.15) is 22.8 Å². The largest absolute Gasteiger partial charge is 0.490 e. The first-order valence-electron chi connectivity index (χ1n) is 9.74. The predicted octanol–water partition coefficient (Wildman–Crippen LogP) is 4.29. The molecular formula is C22H18BrN3O7S. The number of hydrogen-bond acceptors (Lipinski definition) is 8. The summed E-state index contributed by atoms with van der Waals surface area (Å²) in [6.45, 7) is 1.95. The average molecular weight is 548 g/mol. The number of nitrogens with zero attached hydrogens (tertiary/aromatic N) is 2. The van der Waals surface area contributed by atoms with Crippen LogP contribution < -0.4 is 14.3 Å². The van der Waals surface area contributed by atoms with Gasteiger partial charge in [-0.25, -0.2) is 5.43 Å². The number of rotatable bonds is 9. The van der Waals surface area contributed by atoms with E-state index in [4.69, 9.17) is 8.92 Å². The number of carbonyl (C=O) groups excluding carboxylic acids is 1. The highest BCUT2D eigenvalue weighted by atomic mass is 79.9. The Morgan fingerprint density at radius 3 is 2.50 bits per heavy atom. The summed E-state index contributed by atoms with van der Waals surface area (Å²) >= 11 is 3.30. The molecule has 0 saturated heterocycles. The molecule has 0 radical (unpaired) electrons. The second-order valence-corrected chi connectivity index (χ2v) is 9.10. The van der Waals surface area contributed by atoms with Crippen LogP contribution in [0.5, 0.6) is 11.5 Å². The van der Waals surface area contributed by atoms with E-state index in [1.165, 1.54) is 24.4 Å². The van der Waals surface area contributed by atoms with E-state index in [0.29, 0.717) is 11.1 Å². The third-order valence-corrected chi connectivity index (χ3v) is 6.01. The first-order chi connectivity index (χ1) is 16.2. The summed E-state index contributed by atoms with van der Waals surface area (Å²) in [5.74, 6) is -0.345. The van der Waals surface area contributed by atoms with Gasteiger partial charge in [0.25, 0.3) is 11.6 Å². The summed E-state index contributed by atoms with van der Waals surface area (Å²) in [7, 11) is -4.27. The number of nitrogens with one attached hydrogen (secondary N) is 1. The summed E-state index contributed by atoms with van der Waals surface area (Å²) in [4.78, 5) is 22.1. The number of nitro benzene ring substituents is 1. The highest BCUT2D eigenvalue weighted by Gasteiger charge is 2.20. The second kappa shape index (κ2) is 10.9. The minimum Gasteiger partial charge on any atom is -0.490 e. The quantitative estimate of drug-likeness (QED) is 0.182. The van der Waals surface area contributed by atoms with Gasteiger partial charge in [-0.05, 0) is 61.0 Å². The first-order valence-corrected chi connectivity index (χ1v) is 11.9. The van der Waals surface area contributed by atoms with Crippen molar-refractivity contribution in [2.45, 2.75) is 11.8 Å². The Morgan fingerprint density at radius 1 is 1.12 bits per heavy atom. The van der Waals surface area contributed by atoms with Gasteiger partial charge in [0.15, 0.2) is 11.5 Å². The normalized spacial score (nSPS) is 11.2. The Hall–Kier alpha value is -3.77. The third kappa shape index (κ3) is 6.39. The Morgan fingerprint density at radius 2 is 1.85 bits per heavy atom. The van der Waals surface area contributed by atoms with E-state index >= 15 is 0 Å². The zero-order valence-corrected chi connectivity index (χ0v) is 20.1. The van der Waals surface area contributed by atoms with E-state index in [2.05, 4.69) is 26.5 Å². The van der Waals surface area contributed by atoms with Crippen LogP contribution >= 0.6 is 15.9 Å². The lowest BCUT2D eigenvalue weighted by atomic mass is 10.2. The number of amides is 1. The van der Waals surface area contributed by atoms with Crippen LogP contribution in [0.2, 0.25) is 0 Å². The van der Waals surface area contributed by atoms with Crippen LogP contribution in [0.4, 0.5) is 5.69 Å². The molecule has 0 fully saturated rings. The van der Waals surface area contributed by atoms with Crippen molar-refractivity contribution in [3.63, 3.8) is 0 Å². The van der Waals surface area contributed by atoms with Crippen molar-refractivity contribution in [3.05, 3.63) is 92.4 Å². The molecule has 0 unspecified atom stereocenters. The molecule has 12 heteroatoms. The number of carbonyl (C=O) groups is 1. The van der Waals surface area contributed by atoms with Crippen molar-refractivity contribution in [1.82, 2.24) is 5.43 Å². The smallest absolute Gasteiger partial charge is 0.339 e. The molecule has 0 aliphatic heterocycles. The number of halogens is 1. The standard InChI is InChI=1S/C22H18BrN3O7S/c1-2-32-21-12-15(14-24-25-22(27)16-4-3-5-17(23)13-16)6-11-20(21)33-34(30,31)19-9-7-18(8-10-19)26(28)29/h3-14H,2H2,1H3,(H,25,27)/b24-14-. The highest BCUT2D eigenvalue weighted by molar-refractivity contribution is 9.10. The van der Waals surface area contributed by atoms with Crippen molar-refractivity contribution in [2.75, 3.05) is 6.61 Å². The first kappa shape index (κ1) is 24.9. The topological polar surface area (TPSA) is 137 Å². The summed E-state index contributed by atoms with van der Waals surface area (Å²) in [6, 6.07) is 15.5. The van der Waals surface area contributed by atoms with Gasteiger partial charge in [0, 0.05) is 22.2 Å². The lowest BCUT2D eigenvalue weighted by Gasteiger charge is -2.12. The molecule has 3 aromatic carbocycles. The molecule has 0 bridgehead atoms. The van der Waals surface area contributed by atoms with Crippen LogP contribution in [0.25, 0.3) is 0 Å². The molecule has 34 heavy (non-hydrogen) atoms. The number of benzene rings is 3. The molecule has 3 rings (SSSR count). The fourth-order valence-corrected chi connectivity index (χ4v) is 4.04. The molecular weight excluding hydrogens is 530 g/mol. The van der Waals surface area contributed by atoms with E-state index in [0.717, 1.165) is 28.7 Å². The monoisotopic (exact) mass is 547 g/mol. The van der Waals surface area contributed by atoms with Crippen LogP contribution in [0, 0.1) is 10.1 Å². The summed E-state index contributed by atoms with van der Waals surface area (Å²) < 4.78 is 36.6. The van der Waals surface area contributed by atoms with Gasteiger partial charge in [0.1, 0.15) is 4.90 Å². The Labute approximate surface area is 203 Å². The maximum atomic E-state index is 12.6. The third-order valence-electron chi connectivity index (χ3n) is 4.27. The zero-order valence-electron chi connectivity index (χ0n) is 17.7. The van der Waals surface area contributed by atoms with Gasteiger partial charge in [-0.15, -0.1) is 0 Å². The van der Waals surface area contributed by atoms with E-state index in [1.807, 2.05) is 0 Å². The zero-order chi connectivity index (χ0) is 24.7. The molecule has 3 aromatic rings. The van der Waals surface area contributed by atoms with E-state index < -0.39 is 20.9 Å². The van der Waals surface area contributed by atoms with Crippen molar-refractivity contribution in [3.8, 4) is 11.5 Å². The molecule has 0 saturated carbocycles. The molecule has 0 heterocycles.